The Balaban J connectivity index is 2.33. The fraction of sp³-hybridized carbons (Fsp3) is 0.231. The molecule has 0 atom stereocenters. The van der Waals surface area contributed by atoms with Gasteiger partial charge in [0.15, 0.2) is 0 Å². The van der Waals surface area contributed by atoms with Gasteiger partial charge in [-0.2, -0.15) is 4.98 Å². The number of halogens is 1. The molecule has 1 aromatic heterocycles. The molecule has 18 heavy (non-hydrogen) atoms. The summed E-state index contributed by atoms with van der Waals surface area (Å²) in [7, 11) is 0. The Bertz CT molecular complexity index is 552. The van der Waals surface area contributed by atoms with Gasteiger partial charge in [0.2, 0.25) is 5.88 Å². The summed E-state index contributed by atoms with van der Waals surface area (Å²) in [5, 5.41) is 0. The van der Waals surface area contributed by atoms with E-state index in [9.17, 15) is 0 Å². The first-order valence-corrected chi connectivity index (χ1v) is 6.36. The molecule has 5 heteroatoms. The summed E-state index contributed by atoms with van der Waals surface area (Å²) in [4.78, 5) is 8.45. The lowest BCUT2D eigenvalue weighted by Crippen LogP contribution is -2.01. The number of nitrogens with two attached hydrogens (primary N) is 1. The van der Waals surface area contributed by atoms with Gasteiger partial charge >= 0.3 is 0 Å². The first kappa shape index (κ1) is 13.0. The zero-order valence-corrected chi connectivity index (χ0v) is 11.9. The predicted molar refractivity (Wildman–Crippen MR) is 73.6 cm³/mol. The van der Waals surface area contributed by atoms with Crippen LogP contribution < -0.4 is 10.5 Å². The third-order valence-electron chi connectivity index (χ3n) is 2.40. The molecule has 4 nitrogen and oxygen atoms in total. The fourth-order valence-corrected chi connectivity index (χ4v) is 2.06. The normalized spacial score (nSPS) is 10.4. The zero-order valence-electron chi connectivity index (χ0n) is 10.3. The van der Waals surface area contributed by atoms with Crippen molar-refractivity contribution in [2.45, 2.75) is 20.4 Å². The number of aromatic nitrogens is 2. The van der Waals surface area contributed by atoms with E-state index < -0.39 is 0 Å². The highest BCUT2D eigenvalue weighted by atomic mass is 79.9. The molecule has 2 rings (SSSR count). The molecule has 0 saturated heterocycles. The highest BCUT2D eigenvalue weighted by molar-refractivity contribution is 9.10. The Morgan fingerprint density at radius 1 is 1.22 bits per heavy atom. The van der Waals surface area contributed by atoms with Crippen molar-refractivity contribution < 1.29 is 4.74 Å². The van der Waals surface area contributed by atoms with Gasteiger partial charge in [-0.05, 0) is 32.0 Å². The lowest BCUT2D eigenvalue weighted by atomic mass is 10.2. The Morgan fingerprint density at radius 3 is 2.67 bits per heavy atom. The van der Waals surface area contributed by atoms with Crippen LogP contribution in [0, 0.1) is 13.8 Å². The van der Waals surface area contributed by atoms with Crippen molar-refractivity contribution in [3.8, 4) is 11.6 Å². The molecule has 1 aromatic carbocycles. The fourth-order valence-electron chi connectivity index (χ4n) is 1.65. The van der Waals surface area contributed by atoms with E-state index in [2.05, 4.69) is 25.9 Å². The maximum absolute atomic E-state index is 5.77. The standard InChI is InChI=1S/C13H14BrN3O/c1-8-5-13(17-9(2)16-8)18-12-4-3-11(14)6-10(12)7-15/h3-6H,7,15H2,1-2H3. The number of nitrogens with zero attached hydrogens (tertiary/aromatic N) is 2. The monoisotopic (exact) mass is 307 g/mol. The van der Waals surface area contributed by atoms with Gasteiger partial charge in [0, 0.05) is 28.3 Å². The Kier molecular flexibility index (Phi) is 3.93. The molecule has 0 aliphatic heterocycles. The van der Waals surface area contributed by atoms with Gasteiger partial charge in [0.05, 0.1) is 0 Å². The van der Waals surface area contributed by atoms with Crippen molar-refractivity contribution in [1.29, 1.82) is 0 Å². The van der Waals surface area contributed by atoms with Crippen molar-refractivity contribution in [2.24, 2.45) is 5.73 Å². The van der Waals surface area contributed by atoms with E-state index in [1.165, 1.54) is 0 Å². The van der Waals surface area contributed by atoms with Crippen LogP contribution in [0.25, 0.3) is 0 Å². The smallest absolute Gasteiger partial charge is 0.222 e. The van der Waals surface area contributed by atoms with E-state index in [1.807, 2.05) is 32.0 Å². The summed E-state index contributed by atoms with van der Waals surface area (Å²) in [6.07, 6.45) is 0. The highest BCUT2D eigenvalue weighted by Crippen LogP contribution is 2.27. The molecule has 0 bridgehead atoms. The maximum atomic E-state index is 5.77. The van der Waals surface area contributed by atoms with Crippen molar-refractivity contribution in [2.75, 3.05) is 0 Å². The van der Waals surface area contributed by atoms with E-state index in [0.717, 1.165) is 21.5 Å². The summed E-state index contributed by atoms with van der Waals surface area (Å²) in [6.45, 7) is 4.16. The molecule has 0 aliphatic carbocycles. The van der Waals surface area contributed by atoms with Gasteiger partial charge < -0.3 is 10.5 Å². The van der Waals surface area contributed by atoms with E-state index in [4.69, 9.17) is 10.5 Å². The molecular formula is C13H14BrN3O. The zero-order chi connectivity index (χ0) is 13.1. The molecule has 94 valence electrons. The molecule has 0 fully saturated rings. The van der Waals surface area contributed by atoms with Gasteiger partial charge in [0.1, 0.15) is 11.6 Å². The summed E-state index contributed by atoms with van der Waals surface area (Å²) >= 11 is 3.41. The Labute approximate surface area is 114 Å². The van der Waals surface area contributed by atoms with Crippen molar-refractivity contribution in [3.05, 3.63) is 45.8 Å². The van der Waals surface area contributed by atoms with Crippen LogP contribution in [0.4, 0.5) is 0 Å². The average molecular weight is 308 g/mol. The van der Waals surface area contributed by atoms with Gasteiger partial charge in [-0.3, -0.25) is 0 Å². The minimum atomic E-state index is 0.415. The van der Waals surface area contributed by atoms with Crippen molar-refractivity contribution >= 4 is 15.9 Å². The lowest BCUT2D eigenvalue weighted by Gasteiger charge is -2.10. The van der Waals surface area contributed by atoms with Crippen molar-refractivity contribution in [1.82, 2.24) is 9.97 Å². The number of ether oxygens (including phenoxy) is 1. The lowest BCUT2D eigenvalue weighted by molar-refractivity contribution is 0.453. The van der Waals surface area contributed by atoms with E-state index in [-0.39, 0.29) is 0 Å². The molecule has 2 N–H and O–H groups in total. The minimum Gasteiger partial charge on any atom is -0.439 e. The number of benzene rings is 1. The van der Waals surface area contributed by atoms with Crippen LogP contribution in [-0.2, 0) is 6.54 Å². The Hall–Kier alpha value is -1.46. The second-order valence-electron chi connectivity index (χ2n) is 3.95. The third kappa shape index (κ3) is 3.05. The van der Waals surface area contributed by atoms with Crippen LogP contribution in [0.15, 0.2) is 28.7 Å². The molecule has 0 spiro atoms. The number of hydrogen-bond donors (Lipinski definition) is 1. The summed E-state index contributed by atoms with van der Waals surface area (Å²) in [5.74, 6) is 1.95. The maximum Gasteiger partial charge on any atom is 0.222 e. The Morgan fingerprint density at radius 2 is 2.00 bits per heavy atom. The molecular weight excluding hydrogens is 294 g/mol. The van der Waals surface area contributed by atoms with Gasteiger partial charge in [-0.25, -0.2) is 4.98 Å². The highest BCUT2D eigenvalue weighted by Gasteiger charge is 2.06. The second-order valence-corrected chi connectivity index (χ2v) is 4.87. The van der Waals surface area contributed by atoms with Crippen molar-refractivity contribution in [3.63, 3.8) is 0 Å². The van der Waals surface area contributed by atoms with Crippen LogP contribution in [0.2, 0.25) is 0 Å². The largest absolute Gasteiger partial charge is 0.439 e. The number of rotatable bonds is 3. The molecule has 0 saturated carbocycles. The predicted octanol–water partition coefficient (Wildman–Crippen LogP) is 3.11. The van der Waals surface area contributed by atoms with Crippen LogP contribution in [-0.4, -0.2) is 9.97 Å². The minimum absolute atomic E-state index is 0.415. The van der Waals surface area contributed by atoms with Gasteiger partial charge in [-0.1, -0.05) is 15.9 Å². The molecule has 0 radical (unpaired) electrons. The average Bonchev–Trinajstić information content (AvgIpc) is 2.30. The molecule has 0 unspecified atom stereocenters. The molecule has 1 heterocycles. The van der Waals surface area contributed by atoms with Crippen LogP contribution in [0.1, 0.15) is 17.1 Å². The SMILES string of the molecule is Cc1cc(Oc2ccc(Br)cc2CN)nc(C)n1. The topological polar surface area (TPSA) is 61.0 Å². The summed E-state index contributed by atoms with van der Waals surface area (Å²) < 4.78 is 6.74. The van der Waals surface area contributed by atoms with E-state index in [1.54, 1.807) is 6.07 Å². The van der Waals surface area contributed by atoms with Crippen LogP contribution in [0.5, 0.6) is 11.6 Å². The summed E-state index contributed by atoms with van der Waals surface area (Å²) in [6, 6.07) is 7.53. The second kappa shape index (κ2) is 5.46. The van der Waals surface area contributed by atoms with Crippen LogP contribution >= 0.6 is 15.9 Å². The molecule has 2 aromatic rings. The molecule has 0 amide bonds. The summed E-state index contributed by atoms with van der Waals surface area (Å²) in [5.41, 5.74) is 7.51. The van der Waals surface area contributed by atoms with E-state index in [0.29, 0.717) is 18.2 Å². The first-order chi connectivity index (χ1) is 8.58. The quantitative estimate of drug-likeness (QED) is 0.946. The first-order valence-electron chi connectivity index (χ1n) is 5.57. The molecule has 0 aliphatic rings. The van der Waals surface area contributed by atoms with E-state index >= 15 is 0 Å². The number of hydrogen-bond acceptors (Lipinski definition) is 4. The third-order valence-corrected chi connectivity index (χ3v) is 2.89. The van der Waals surface area contributed by atoms with Crippen LogP contribution in [0.3, 0.4) is 0 Å². The number of aryl methyl sites for hydroxylation is 2. The van der Waals surface area contributed by atoms with Gasteiger partial charge in [0.25, 0.3) is 0 Å². The van der Waals surface area contributed by atoms with Gasteiger partial charge in [-0.15, -0.1) is 0 Å².